The summed E-state index contributed by atoms with van der Waals surface area (Å²) < 4.78 is 9.06. The van der Waals surface area contributed by atoms with Crippen LogP contribution in [0.25, 0.3) is 128 Å². The average molecular weight is 869 g/mol. The Morgan fingerprint density at radius 2 is 0.706 bits per heavy atom. The Balaban J connectivity index is 0.954. The molecule has 5 heteroatoms. The van der Waals surface area contributed by atoms with E-state index in [9.17, 15) is 0 Å². The van der Waals surface area contributed by atoms with E-state index in [4.69, 9.17) is 19.4 Å². The maximum Gasteiger partial charge on any atom is 0.164 e. The molecule has 0 bridgehead atoms. The molecule has 0 N–H and O–H groups in total. The highest BCUT2D eigenvalue weighted by Gasteiger charge is 2.21. The predicted molar refractivity (Wildman–Crippen MR) is 279 cm³/mol. The van der Waals surface area contributed by atoms with Crippen molar-refractivity contribution in [1.82, 2.24) is 19.5 Å². The van der Waals surface area contributed by atoms with E-state index in [0.717, 1.165) is 88.6 Å². The van der Waals surface area contributed by atoms with Crippen molar-refractivity contribution < 1.29 is 4.42 Å². The minimum absolute atomic E-state index is 0.583. The summed E-state index contributed by atoms with van der Waals surface area (Å²) in [5.74, 6) is 1.79. The van der Waals surface area contributed by atoms with Crippen LogP contribution in [0.2, 0.25) is 0 Å². The van der Waals surface area contributed by atoms with Crippen LogP contribution in [-0.2, 0) is 0 Å². The van der Waals surface area contributed by atoms with E-state index >= 15 is 0 Å². The summed E-state index contributed by atoms with van der Waals surface area (Å²) in [6.45, 7) is 0. The topological polar surface area (TPSA) is 56.7 Å². The molecule has 0 aliphatic rings. The Labute approximate surface area is 392 Å². The molecule has 3 aromatic heterocycles. The quantitative estimate of drug-likeness (QED) is 0.153. The molecule has 5 nitrogen and oxygen atoms in total. The molecule has 318 valence electrons. The van der Waals surface area contributed by atoms with Gasteiger partial charge in [-0.25, -0.2) is 15.0 Å². The fourth-order valence-electron chi connectivity index (χ4n) is 9.68. The lowest BCUT2D eigenvalue weighted by Crippen LogP contribution is -2.00. The van der Waals surface area contributed by atoms with Crippen LogP contribution in [0, 0.1) is 0 Å². The lowest BCUT2D eigenvalue weighted by atomic mass is 9.99. The second-order valence-corrected chi connectivity index (χ2v) is 17.2. The van der Waals surface area contributed by atoms with Gasteiger partial charge in [-0.2, -0.15) is 0 Å². The first-order chi connectivity index (χ1) is 33.7. The molecule has 13 rings (SSSR count). The van der Waals surface area contributed by atoms with Crippen LogP contribution >= 0.6 is 0 Å². The lowest BCUT2D eigenvalue weighted by Gasteiger charge is -2.11. The van der Waals surface area contributed by atoms with E-state index in [1.54, 1.807) is 0 Å². The molecule has 0 amide bonds. The Morgan fingerprint density at radius 1 is 0.279 bits per heavy atom. The summed E-state index contributed by atoms with van der Waals surface area (Å²) in [6, 6.07) is 85.2. The minimum atomic E-state index is 0.583. The van der Waals surface area contributed by atoms with Crippen molar-refractivity contribution in [3.63, 3.8) is 0 Å². The van der Waals surface area contributed by atoms with Crippen molar-refractivity contribution in [1.29, 1.82) is 0 Å². The zero-order chi connectivity index (χ0) is 45.0. The number of furan rings is 1. The van der Waals surface area contributed by atoms with E-state index in [0.29, 0.717) is 17.5 Å². The largest absolute Gasteiger partial charge is 0.456 e. The van der Waals surface area contributed by atoms with Crippen LogP contribution in [-0.4, -0.2) is 19.5 Å². The van der Waals surface area contributed by atoms with Gasteiger partial charge < -0.3 is 8.98 Å². The first kappa shape index (κ1) is 39.2. The van der Waals surface area contributed by atoms with Gasteiger partial charge in [-0.3, -0.25) is 0 Å². The van der Waals surface area contributed by atoms with E-state index < -0.39 is 0 Å². The molecule has 68 heavy (non-hydrogen) atoms. The average Bonchev–Trinajstić information content (AvgIpc) is 3.97. The summed E-state index contributed by atoms with van der Waals surface area (Å²) >= 11 is 0. The van der Waals surface area contributed by atoms with E-state index in [1.807, 2.05) is 18.2 Å². The van der Waals surface area contributed by atoms with Crippen LogP contribution in [0.3, 0.4) is 0 Å². The van der Waals surface area contributed by atoms with Gasteiger partial charge in [-0.15, -0.1) is 0 Å². The van der Waals surface area contributed by atoms with Crippen molar-refractivity contribution in [2.45, 2.75) is 0 Å². The summed E-state index contributed by atoms with van der Waals surface area (Å²) in [5.41, 5.74) is 16.9. The Hall–Kier alpha value is -9.19. The van der Waals surface area contributed by atoms with Crippen molar-refractivity contribution in [3.8, 4) is 84.4 Å². The zero-order valence-electron chi connectivity index (χ0n) is 36.8. The standard InChI is InChI=1S/C63H40N4O/c1-4-13-41(14-5-1)44-23-27-47(28-24-44)61-64-62(48-29-25-45(26-30-48)42-15-6-2-7-16-42)66-63(65-61)51-33-37-57-55(40-51)59-58(68-57)38-36-54-53-21-10-11-22-56(53)67(60(54)59)52-34-31-46(32-35-52)50-20-12-19-49(39-50)43-17-8-3-9-18-43/h1-40H. The summed E-state index contributed by atoms with van der Waals surface area (Å²) in [6.07, 6.45) is 0. The molecule has 0 aliphatic heterocycles. The number of aromatic nitrogens is 4. The molecule has 3 heterocycles. The third-order valence-corrected chi connectivity index (χ3v) is 13.1. The van der Waals surface area contributed by atoms with E-state index in [1.165, 1.54) is 22.1 Å². The number of hydrogen-bond donors (Lipinski definition) is 0. The molecular weight excluding hydrogens is 829 g/mol. The minimum Gasteiger partial charge on any atom is -0.456 e. The number of para-hydroxylation sites is 1. The smallest absolute Gasteiger partial charge is 0.164 e. The molecule has 0 aliphatic carbocycles. The highest BCUT2D eigenvalue weighted by molar-refractivity contribution is 6.24. The highest BCUT2D eigenvalue weighted by Crippen LogP contribution is 2.42. The van der Waals surface area contributed by atoms with Gasteiger partial charge in [0.05, 0.1) is 16.4 Å². The molecule has 0 atom stereocenters. The van der Waals surface area contributed by atoms with Gasteiger partial charge in [-0.1, -0.05) is 188 Å². The molecule has 0 radical (unpaired) electrons. The van der Waals surface area contributed by atoms with Crippen LogP contribution in [0.4, 0.5) is 0 Å². The van der Waals surface area contributed by atoms with E-state index in [2.05, 4.69) is 229 Å². The van der Waals surface area contributed by atoms with Gasteiger partial charge >= 0.3 is 0 Å². The van der Waals surface area contributed by atoms with Crippen LogP contribution < -0.4 is 0 Å². The third-order valence-electron chi connectivity index (χ3n) is 13.1. The van der Waals surface area contributed by atoms with Crippen LogP contribution in [0.15, 0.2) is 247 Å². The first-order valence-corrected chi connectivity index (χ1v) is 22.9. The Bertz CT molecular complexity index is 3870. The summed E-state index contributed by atoms with van der Waals surface area (Å²) in [7, 11) is 0. The van der Waals surface area contributed by atoms with Gasteiger partial charge in [0.1, 0.15) is 11.2 Å². The number of hydrogen-bond acceptors (Lipinski definition) is 4. The lowest BCUT2D eigenvalue weighted by molar-refractivity contribution is 0.669. The van der Waals surface area contributed by atoms with Gasteiger partial charge in [-0.05, 0) is 99.1 Å². The number of benzene rings is 10. The van der Waals surface area contributed by atoms with Gasteiger partial charge in [0, 0.05) is 38.5 Å². The zero-order valence-corrected chi connectivity index (χ0v) is 36.8. The van der Waals surface area contributed by atoms with Crippen molar-refractivity contribution in [2.24, 2.45) is 0 Å². The van der Waals surface area contributed by atoms with Crippen LogP contribution in [0.1, 0.15) is 0 Å². The predicted octanol–water partition coefficient (Wildman–Crippen LogP) is 16.5. The molecule has 0 fully saturated rings. The highest BCUT2D eigenvalue weighted by atomic mass is 16.3. The fraction of sp³-hybridized carbons (Fsp3) is 0. The molecule has 10 aromatic carbocycles. The molecule has 13 aromatic rings. The third kappa shape index (κ3) is 6.93. The fourth-order valence-corrected chi connectivity index (χ4v) is 9.68. The van der Waals surface area contributed by atoms with Gasteiger partial charge in [0.15, 0.2) is 17.5 Å². The van der Waals surface area contributed by atoms with Crippen molar-refractivity contribution in [3.05, 3.63) is 243 Å². The molecular formula is C63H40N4O. The van der Waals surface area contributed by atoms with E-state index in [-0.39, 0.29) is 0 Å². The van der Waals surface area contributed by atoms with Crippen molar-refractivity contribution in [2.75, 3.05) is 0 Å². The Morgan fingerprint density at radius 3 is 1.29 bits per heavy atom. The summed E-state index contributed by atoms with van der Waals surface area (Å²) in [4.78, 5) is 15.5. The molecule has 0 unspecified atom stereocenters. The van der Waals surface area contributed by atoms with Crippen molar-refractivity contribution >= 4 is 43.7 Å². The number of rotatable bonds is 8. The second-order valence-electron chi connectivity index (χ2n) is 17.2. The number of nitrogens with zero attached hydrogens (tertiary/aromatic N) is 4. The summed E-state index contributed by atoms with van der Waals surface area (Å²) in [5, 5.41) is 4.36. The normalized spacial score (nSPS) is 11.5. The second kappa shape index (κ2) is 16.4. The molecule has 0 saturated heterocycles. The Kier molecular flexibility index (Phi) is 9.43. The monoisotopic (exact) mass is 868 g/mol. The van der Waals surface area contributed by atoms with Gasteiger partial charge in [0.25, 0.3) is 0 Å². The number of fused-ring (bicyclic) bond motifs is 7. The van der Waals surface area contributed by atoms with Crippen LogP contribution in [0.5, 0.6) is 0 Å². The van der Waals surface area contributed by atoms with Gasteiger partial charge in [0.2, 0.25) is 0 Å². The first-order valence-electron chi connectivity index (χ1n) is 22.9. The maximum absolute atomic E-state index is 6.68. The SMILES string of the molecule is c1ccc(-c2ccc(-c3nc(-c4ccc(-c5ccccc5)cc4)nc(-c4ccc5oc6ccc7c8ccccc8n(-c8ccc(-c9cccc(-c%10ccccc%10)c9)cc8)c7c6c5c4)n3)cc2)cc1. The molecule has 0 spiro atoms. The molecule has 0 saturated carbocycles. The maximum atomic E-state index is 6.68.